The molecule has 0 aromatic rings. The lowest BCUT2D eigenvalue weighted by atomic mass is 9.90. The second kappa shape index (κ2) is 6.58. The van der Waals surface area contributed by atoms with Gasteiger partial charge in [0.1, 0.15) is 0 Å². The van der Waals surface area contributed by atoms with Crippen molar-refractivity contribution in [3.05, 3.63) is 0 Å². The minimum absolute atomic E-state index is 0.0122. The highest BCUT2D eigenvalue weighted by atomic mass is 16.5. The monoisotopic (exact) mass is 228 g/mol. The summed E-state index contributed by atoms with van der Waals surface area (Å²) in [6.07, 6.45) is 3.26. The van der Waals surface area contributed by atoms with E-state index in [4.69, 9.17) is 10.5 Å². The van der Waals surface area contributed by atoms with E-state index >= 15 is 0 Å². The molecular weight excluding hydrogens is 200 g/mol. The van der Waals surface area contributed by atoms with Crippen LogP contribution in [0.3, 0.4) is 0 Å². The number of hydrogen-bond acceptors (Lipinski definition) is 3. The van der Waals surface area contributed by atoms with E-state index in [9.17, 15) is 0 Å². The fourth-order valence-corrected chi connectivity index (χ4v) is 2.26. The van der Waals surface area contributed by atoms with Gasteiger partial charge < -0.3 is 15.4 Å². The molecule has 0 saturated carbocycles. The normalized spacial score (nSPS) is 22.3. The van der Waals surface area contributed by atoms with E-state index in [1.165, 1.54) is 13.0 Å². The van der Waals surface area contributed by atoms with Crippen molar-refractivity contribution < 1.29 is 4.74 Å². The van der Waals surface area contributed by atoms with Crippen molar-refractivity contribution in [2.24, 2.45) is 11.7 Å². The topological polar surface area (TPSA) is 38.5 Å². The van der Waals surface area contributed by atoms with E-state index in [-0.39, 0.29) is 5.54 Å². The molecule has 3 heteroatoms. The van der Waals surface area contributed by atoms with Gasteiger partial charge in [-0.15, -0.1) is 0 Å². The number of ether oxygens (including phenoxy) is 1. The van der Waals surface area contributed by atoms with E-state index in [1.54, 1.807) is 0 Å². The molecule has 16 heavy (non-hydrogen) atoms. The minimum Gasteiger partial charge on any atom is -0.381 e. The van der Waals surface area contributed by atoms with Gasteiger partial charge in [-0.1, -0.05) is 27.2 Å². The summed E-state index contributed by atoms with van der Waals surface area (Å²) in [5.41, 5.74) is 6.42. The van der Waals surface area contributed by atoms with Crippen molar-refractivity contribution in [3.8, 4) is 0 Å². The van der Waals surface area contributed by atoms with Crippen molar-refractivity contribution in [1.29, 1.82) is 0 Å². The predicted octanol–water partition coefficient (Wildman–Crippen LogP) is 1.86. The molecule has 3 nitrogen and oxygen atoms in total. The Morgan fingerprint density at radius 3 is 2.44 bits per heavy atom. The van der Waals surface area contributed by atoms with E-state index < -0.39 is 0 Å². The van der Waals surface area contributed by atoms with Crippen LogP contribution in [0.5, 0.6) is 0 Å². The molecule has 1 aliphatic heterocycles. The van der Waals surface area contributed by atoms with Crippen LogP contribution >= 0.6 is 0 Å². The van der Waals surface area contributed by atoms with Crippen molar-refractivity contribution >= 4 is 0 Å². The molecule has 1 aliphatic rings. The summed E-state index contributed by atoms with van der Waals surface area (Å²) in [6.45, 7) is 11.8. The van der Waals surface area contributed by atoms with Crippen LogP contribution in [0.15, 0.2) is 0 Å². The van der Waals surface area contributed by atoms with E-state index in [1.807, 2.05) is 0 Å². The highest BCUT2D eigenvalue weighted by molar-refractivity contribution is 4.89. The van der Waals surface area contributed by atoms with E-state index in [0.717, 1.165) is 45.1 Å². The van der Waals surface area contributed by atoms with Crippen LogP contribution in [0.4, 0.5) is 0 Å². The fourth-order valence-electron chi connectivity index (χ4n) is 2.26. The van der Waals surface area contributed by atoms with E-state index in [0.29, 0.717) is 0 Å². The van der Waals surface area contributed by atoms with Gasteiger partial charge in [-0.05, 0) is 25.3 Å². The summed E-state index contributed by atoms with van der Waals surface area (Å²) >= 11 is 0. The number of likely N-dealkylation sites (N-methyl/N-ethyl adjacent to an activating group) is 1. The lowest BCUT2D eigenvalue weighted by molar-refractivity contribution is 0.0364. The van der Waals surface area contributed by atoms with Gasteiger partial charge in [-0.25, -0.2) is 0 Å². The zero-order valence-corrected chi connectivity index (χ0v) is 11.2. The SMILES string of the molecule is CCC(C)CN(CC)CC1(N)CCOCC1. The summed E-state index contributed by atoms with van der Waals surface area (Å²) in [5, 5.41) is 0. The van der Waals surface area contributed by atoms with Crippen molar-refractivity contribution in [3.63, 3.8) is 0 Å². The molecule has 0 aromatic heterocycles. The molecule has 1 heterocycles. The molecule has 96 valence electrons. The highest BCUT2D eigenvalue weighted by Gasteiger charge is 2.29. The molecule has 0 spiro atoms. The Balaban J connectivity index is 2.41. The molecule has 1 unspecified atom stereocenters. The smallest absolute Gasteiger partial charge is 0.0484 e. The van der Waals surface area contributed by atoms with Crippen molar-refractivity contribution in [2.45, 2.75) is 45.6 Å². The molecule has 1 saturated heterocycles. The lowest BCUT2D eigenvalue weighted by Crippen LogP contribution is -2.54. The maximum absolute atomic E-state index is 6.43. The summed E-state index contributed by atoms with van der Waals surface area (Å²) < 4.78 is 5.38. The maximum atomic E-state index is 6.43. The lowest BCUT2D eigenvalue weighted by Gasteiger charge is -2.38. The van der Waals surface area contributed by atoms with Gasteiger partial charge in [0.25, 0.3) is 0 Å². The van der Waals surface area contributed by atoms with Crippen molar-refractivity contribution in [2.75, 3.05) is 32.8 Å². The van der Waals surface area contributed by atoms with Crippen LogP contribution in [0.2, 0.25) is 0 Å². The fraction of sp³-hybridized carbons (Fsp3) is 1.00. The molecular formula is C13H28N2O. The quantitative estimate of drug-likeness (QED) is 0.754. The largest absolute Gasteiger partial charge is 0.381 e. The number of hydrogen-bond donors (Lipinski definition) is 1. The highest BCUT2D eigenvalue weighted by Crippen LogP contribution is 2.19. The number of nitrogens with two attached hydrogens (primary N) is 1. The summed E-state index contributed by atoms with van der Waals surface area (Å²) in [4.78, 5) is 2.50. The first kappa shape index (κ1) is 13.9. The van der Waals surface area contributed by atoms with Crippen LogP contribution in [0, 0.1) is 5.92 Å². The van der Waals surface area contributed by atoms with Crippen LogP contribution in [-0.4, -0.2) is 43.3 Å². The Morgan fingerprint density at radius 1 is 1.31 bits per heavy atom. The summed E-state index contributed by atoms with van der Waals surface area (Å²) in [6, 6.07) is 0. The first-order valence-electron chi connectivity index (χ1n) is 6.68. The molecule has 1 atom stereocenters. The van der Waals surface area contributed by atoms with Gasteiger partial charge in [0, 0.05) is 31.8 Å². The zero-order valence-electron chi connectivity index (χ0n) is 11.2. The Kier molecular flexibility index (Phi) is 5.73. The van der Waals surface area contributed by atoms with Gasteiger partial charge in [0.2, 0.25) is 0 Å². The molecule has 1 rings (SSSR count). The third kappa shape index (κ3) is 4.40. The van der Waals surface area contributed by atoms with Gasteiger partial charge in [0.15, 0.2) is 0 Å². The molecule has 2 N–H and O–H groups in total. The predicted molar refractivity (Wildman–Crippen MR) is 68.5 cm³/mol. The van der Waals surface area contributed by atoms with Crippen LogP contribution in [0.25, 0.3) is 0 Å². The van der Waals surface area contributed by atoms with Gasteiger partial charge in [0.05, 0.1) is 0 Å². The Labute approximate surface area is 100 Å². The maximum Gasteiger partial charge on any atom is 0.0484 e. The third-order valence-electron chi connectivity index (χ3n) is 3.74. The molecule has 0 aliphatic carbocycles. The summed E-state index contributed by atoms with van der Waals surface area (Å²) in [7, 11) is 0. The van der Waals surface area contributed by atoms with Gasteiger partial charge in [-0.2, -0.15) is 0 Å². The molecule has 0 amide bonds. The average Bonchev–Trinajstić information content (AvgIpc) is 2.28. The first-order valence-corrected chi connectivity index (χ1v) is 6.68. The molecule has 0 radical (unpaired) electrons. The number of nitrogens with zero attached hydrogens (tertiary/aromatic N) is 1. The second-order valence-corrected chi connectivity index (χ2v) is 5.32. The Hall–Kier alpha value is -0.120. The standard InChI is InChI=1S/C13H28N2O/c1-4-12(3)10-15(5-2)11-13(14)6-8-16-9-7-13/h12H,4-11,14H2,1-3H3. The third-order valence-corrected chi connectivity index (χ3v) is 3.74. The van der Waals surface area contributed by atoms with Crippen LogP contribution in [-0.2, 0) is 4.74 Å². The zero-order chi connectivity index (χ0) is 12.0. The van der Waals surface area contributed by atoms with Crippen LogP contribution in [0.1, 0.15) is 40.0 Å². The minimum atomic E-state index is -0.0122. The average molecular weight is 228 g/mol. The Bertz CT molecular complexity index is 190. The number of rotatable bonds is 6. The second-order valence-electron chi connectivity index (χ2n) is 5.32. The first-order chi connectivity index (χ1) is 7.59. The van der Waals surface area contributed by atoms with E-state index in [2.05, 4.69) is 25.7 Å². The molecule has 1 fully saturated rings. The van der Waals surface area contributed by atoms with Crippen molar-refractivity contribution in [1.82, 2.24) is 4.90 Å². The summed E-state index contributed by atoms with van der Waals surface area (Å²) in [5.74, 6) is 0.767. The van der Waals surface area contributed by atoms with Gasteiger partial charge in [-0.3, -0.25) is 0 Å². The molecule has 0 aromatic carbocycles. The molecule has 0 bridgehead atoms. The Morgan fingerprint density at radius 2 is 1.94 bits per heavy atom. The van der Waals surface area contributed by atoms with Crippen LogP contribution < -0.4 is 5.73 Å². The van der Waals surface area contributed by atoms with Gasteiger partial charge >= 0.3 is 0 Å².